The second kappa shape index (κ2) is 8.43. The number of hydrogen-bond donors (Lipinski definition) is 3. The van der Waals surface area contributed by atoms with Gasteiger partial charge in [-0.3, -0.25) is 0 Å². The molecule has 9 heteroatoms. The minimum atomic E-state index is 0. The zero-order valence-electron chi connectivity index (χ0n) is 11.2. The van der Waals surface area contributed by atoms with E-state index in [0.29, 0.717) is 21.4 Å². The van der Waals surface area contributed by atoms with Gasteiger partial charge in [0.15, 0.2) is 6.33 Å². The summed E-state index contributed by atoms with van der Waals surface area (Å²) in [6.45, 7) is 0. The molecular weight excluding hydrogens is 347 g/mol. The normalized spacial score (nSPS) is 9.36. The minimum Gasteiger partial charge on any atom is -0.398 e. The number of halogens is 3. The SMILES string of the molecule is Cl.Nc1ccc(-c2ccc(N)c(Cl)c2)cc1Cl.c1nn[nH]n1. The maximum absolute atomic E-state index is 5.95. The van der Waals surface area contributed by atoms with Gasteiger partial charge in [0.25, 0.3) is 0 Å². The summed E-state index contributed by atoms with van der Waals surface area (Å²) < 4.78 is 0. The van der Waals surface area contributed by atoms with Gasteiger partial charge in [-0.05, 0) is 35.4 Å². The molecule has 0 aliphatic carbocycles. The van der Waals surface area contributed by atoms with Crippen LogP contribution in [0.15, 0.2) is 42.7 Å². The average Bonchev–Trinajstić information content (AvgIpc) is 3.04. The fourth-order valence-corrected chi connectivity index (χ4v) is 1.90. The molecule has 3 rings (SSSR count). The predicted molar refractivity (Wildman–Crippen MR) is 92.1 cm³/mol. The number of rotatable bonds is 1. The number of aromatic amines is 1. The van der Waals surface area contributed by atoms with Crippen LogP contribution in [0.1, 0.15) is 0 Å². The third-order valence-corrected chi connectivity index (χ3v) is 3.26. The smallest absolute Gasteiger partial charge is 0.161 e. The summed E-state index contributed by atoms with van der Waals surface area (Å²) in [5, 5.41) is 13.2. The van der Waals surface area contributed by atoms with Gasteiger partial charge >= 0.3 is 0 Å². The van der Waals surface area contributed by atoms with Crippen molar-refractivity contribution in [2.45, 2.75) is 0 Å². The number of nitrogens with zero attached hydrogens (tertiary/aromatic N) is 3. The van der Waals surface area contributed by atoms with Crippen LogP contribution >= 0.6 is 35.6 Å². The van der Waals surface area contributed by atoms with Crippen LogP contribution in [0.2, 0.25) is 10.0 Å². The fraction of sp³-hybridized carbons (Fsp3) is 0. The van der Waals surface area contributed by atoms with Crippen LogP contribution in [0, 0.1) is 0 Å². The van der Waals surface area contributed by atoms with Crippen molar-refractivity contribution in [1.82, 2.24) is 20.6 Å². The molecule has 6 nitrogen and oxygen atoms in total. The van der Waals surface area contributed by atoms with Gasteiger partial charge in [0.05, 0.1) is 21.4 Å². The Morgan fingerprint density at radius 3 is 1.64 bits per heavy atom. The summed E-state index contributed by atoms with van der Waals surface area (Å²) in [5.74, 6) is 0. The maximum Gasteiger partial charge on any atom is 0.161 e. The van der Waals surface area contributed by atoms with E-state index in [1.165, 1.54) is 6.33 Å². The van der Waals surface area contributed by atoms with E-state index in [9.17, 15) is 0 Å². The van der Waals surface area contributed by atoms with E-state index in [2.05, 4.69) is 20.6 Å². The number of nitrogens with two attached hydrogens (primary N) is 2. The molecule has 0 unspecified atom stereocenters. The largest absolute Gasteiger partial charge is 0.398 e. The minimum absolute atomic E-state index is 0. The Balaban J connectivity index is 0.000000344. The van der Waals surface area contributed by atoms with Crippen molar-refractivity contribution in [2.75, 3.05) is 11.5 Å². The van der Waals surface area contributed by atoms with Gasteiger partial charge in [-0.25, -0.2) is 0 Å². The molecule has 2 aromatic carbocycles. The highest BCUT2D eigenvalue weighted by atomic mass is 35.5. The van der Waals surface area contributed by atoms with Crippen molar-refractivity contribution in [3.05, 3.63) is 52.8 Å². The Morgan fingerprint density at radius 1 is 0.864 bits per heavy atom. The maximum atomic E-state index is 5.95. The molecule has 0 amide bonds. The average molecular weight is 360 g/mol. The van der Waals surface area contributed by atoms with Crippen LogP contribution in [-0.4, -0.2) is 20.6 Å². The second-order valence-electron chi connectivity index (χ2n) is 4.03. The van der Waals surface area contributed by atoms with E-state index in [1.807, 2.05) is 12.1 Å². The topological polar surface area (TPSA) is 107 Å². The summed E-state index contributed by atoms with van der Waals surface area (Å²) in [6, 6.07) is 10.9. The Hall–Kier alpha value is -2.02. The van der Waals surface area contributed by atoms with Gasteiger partial charge in [0, 0.05) is 0 Å². The number of hydrogen-bond acceptors (Lipinski definition) is 5. The Bertz CT molecular complexity index is 651. The summed E-state index contributed by atoms with van der Waals surface area (Å²) in [4.78, 5) is 0. The van der Waals surface area contributed by atoms with Crippen molar-refractivity contribution in [1.29, 1.82) is 0 Å². The molecule has 0 radical (unpaired) electrons. The van der Waals surface area contributed by atoms with Crippen LogP contribution in [-0.2, 0) is 0 Å². The van der Waals surface area contributed by atoms with Crippen molar-refractivity contribution >= 4 is 47.0 Å². The standard InChI is InChI=1S/C12H10Cl2N2.CH2N4.ClH/c13-9-5-7(1-3-11(9)15)8-2-4-12(16)10(14)6-8;1-2-4-5-3-1;/h1-6H,15-16H2;1H,(H,2,3,4,5);1H. The van der Waals surface area contributed by atoms with Crippen LogP contribution in [0.4, 0.5) is 11.4 Å². The Kier molecular flexibility index (Phi) is 6.91. The molecule has 22 heavy (non-hydrogen) atoms. The highest BCUT2D eigenvalue weighted by Gasteiger charge is 2.03. The second-order valence-corrected chi connectivity index (χ2v) is 4.85. The van der Waals surface area contributed by atoms with Gasteiger partial charge in [-0.15, -0.1) is 22.6 Å². The van der Waals surface area contributed by atoms with Crippen molar-refractivity contribution in [3.8, 4) is 11.1 Å². The Morgan fingerprint density at radius 2 is 1.36 bits per heavy atom. The van der Waals surface area contributed by atoms with Gasteiger partial charge in [0.2, 0.25) is 0 Å². The zero-order chi connectivity index (χ0) is 15.2. The summed E-state index contributed by atoms with van der Waals surface area (Å²) in [5.41, 5.74) is 14.3. The number of benzene rings is 2. The monoisotopic (exact) mass is 358 g/mol. The lowest BCUT2D eigenvalue weighted by atomic mass is 10.1. The predicted octanol–water partition coefficient (Wildman–Crippen LogP) is 3.45. The van der Waals surface area contributed by atoms with Crippen LogP contribution in [0.25, 0.3) is 11.1 Å². The van der Waals surface area contributed by atoms with E-state index in [-0.39, 0.29) is 12.4 Å². The first-order valence-corrected chi connectivity index (χ1v) is 6.60. The lowest BCUT2D eigenvalue weighted by molar-refractivity contribution is 0.881. The molecule has 0 aliphatic heterocycles. The number of aromatic nitrogens is 4. The molecule has 0 fully saturated rings. The lowest BCUT2D eigenvalue weighted by Gasteiger charge is -2.06. The molecule has 1 aromatic heterocycles. The molecule has 0 atom stereocenters. The molecule has 1 heterocycles. The van der Waals surface area contributed by atoms with Crippen molar-refractivity contribution < 1.29 is 0 Å². The third kappa shape index (κ3) is 4.77. The third-order valence-electron chi connectivity index (χ3n) is 2.60. The van der Waals surface area contributed by atoms with Crippen molar-refractivity contribution in [2.24, 2.45) is 0 Å². The van der Waals surface area contributed by atoms with E-state index in [1.54, 1.807) is 24.3 Å². The molecular formula is C13H13Cl3N6. The molecule has 0 spiro atoms. The van der Waals surface area contributed by atoms with Crippen LogP contribution < -0.4 is 11.5 Å². The number of nitrogens with one attached hydrogen (secondary N) is 1. The first kappa shape index (κ1) is 18.0. The van der Waals surface area contributed by atoms with Crippen LogP contribution in [0.3, 0.4) is 0 Å². The van der Waals surface area contributed by atoms with E-state index < -0.39 is 0 Å². The number of nitrogen functional groups attached to an aromatic ring is 2. The first-order valence-electron chi connectivity index (χ1n) is 5.84. The molecule has 0 bridgehead atoms. The van der Waals surface area contributed by atoms with Gasteiger partial charge in [0.1, 0.15) is 0 Å². The van der Waals surface area contributed by atoms with Gasteiger partial charge in [-0.2, -0.15) is 5.21 Å². The molecule has 0 saturated heterocycles. The molecule has 0 saturated carbocycles. The molecule has 3 aromatic rings. The Labute approximate surface area is 143 Å². The number of H-pyrrole nitrogens is 1. The molecule has 116 valence electrons. The summed E-state index contributed by atoms with van der Waals surface area (Å²) in [7, 11) is 0. The van der Waals surface area contributed by atoms with Gasteiger partial charge < -0.3 is 11.5 Å². The van der Waals surface area contributed by atoms with Gasteiger partial charge in [-0.1, -0.05) is 40.5 Å². The first-order chi connectivity index (χ1) is 10.1. The molecule has 0 aliphatic rings. The quantitative estimate of drug-likeness (QED) is 0.577. The summed E-state index contributed by atoms with van der Waals surface area (Å²) in [6.07, 6.45) is 1.33. The van der Waals surface area contributed by atoms with Crippen LogP contribution in [0.5, 0.6) is 0 Å². The van der Waals surface area contributed by atoms with Crippen molar-refractivity contribution in [3.63, 3.8) is 0 Å². The molecule has 5 N–H and O–H groups in total. The number of anilines is 2. The fourth-order valence-electron chi connectivity index (χ4n) is 1.54. The lowest BCUT2D eigenvalue weighted by Crippen LogP contribution is -1.88. The van der Waals surface area contributed by atoms with E-state index >= 15 is 0 Å². The summed E-state index contributed by atoms with van der Waals surface area (Å²) >= 11 is 11.9. The highest BCUT2D eigenvalue weighted by molar-refractivity contribution is 6.34. The zero-order valence-corrected chi connectivity index (χ0v) is 13.5. The van der Waals surface area contributed by atoms with E-state index in [4.69, 9.17) is 34.7 Å². The number of tetrazole rings is 1. The highest BCUT2D eigenvalue weighted by Crippen LogP contribution is 2.30. The van der Waals surface area contributed by atoms with E-state index in [0.717, 1.165) is 11.1 Å².